The Kier molecular flexibility index (Phi) is 7.73. The van der Waals surface area contributed by atoms with Crippen LogP contribution in [0.5, 0.6) is 5.75 Å². The molecule has 0 saturated carbocycles. The lowest BCUT2D eigenvalue weighted by Crippen LogP contribution is -2.37. The third-order valence-electron chi connectivity index (χ3n) is 5.16. The van der Waals surface area contributed by atoms with Gasteiger partial charge in [-0.1, -0.05) is 12.0 Å². The molecule has 29 heavy (non-hydrogen) atoms. The maximum atomic E-state index is 11.1. The Balaban J connectivity index is 1.90. The second kappa shape index (κ2) is 9.65. The molecule has 0 spiro atoms. The second-order valence-electron chi connectivity index (χ2n) is 7.90. The van der Waals surface area contributed by atoms with Crippen molar-refractivity contribution in [2.24, 2.45) is 12.8 Å². The van der Waals surface area contributed by atoms with Gasteiger partial charge in [-0.15, -0.1) is 0 Å². The van der Waals surface area contributed by atoms with Crippen LogP contribution in [0.25, 0.3) is 0 Å². The Bertz CT molecular complexity index is 947. The first-order valence-corrected chi connectivity index (χ1v) is 11.4. The predicted octanol–water partition coefficient (Wildman–Crippen LogP) is 3.29. The molecule has 1 heterocycles. The van der Waals surface area contributed by atoms with E-state index in [0.29, 0.717) is 19.4 Å². The molecule has 158 valence electrons. The molecule has 4 N–H and O–H groups in total. The minimum absolute atomic E-state index is 0.190. The SMILES string of the molecule is Cc1ccc(OCC#Cc2ccc(CCC(C)(N)CCP(=O)(O)O)n2C)cc1C. The van der Waals surface area contributed by atoms with Crippen LogP contribution in [0.4, 0.5) is 0 Å². The van der Waals surface area contributed by atoms with Crippen molar-refractivity contribution in [3.63, 3.8) is 0 Å². The number of aromatic nitrogens is 1. The fraction of sp³-hybridized carbons (Fsp3) is 0.455. The summed E-state index contributed by atoms with van der Waals surface area (Å²) in [5.74, 6) is 6.98. The van der Waals surface area contributed by atoms with E-state index in [9.17, 15) is 4.57 Å². The third kappa shape index (κ3) is 7.72. The molecule has 2 aromatic rings. The molecular weight excluding hydrogens is 387 g/mol. The van der Waals surface area contributed by atoms with Gasteiger partial charge in [0, 0.05) is 18.3 Å². The smallest absolute Gasteiger partial charge is 0.325 e. The van der Waals surface area contributed by atoms with Gasteiger partial charge in [-0.25, -0.2) is 0 Å². The first-order valence-electron chi connectivity index (χ1n) is 9.64. The van der Waals surface area contributed by atoms with Gasteiger partial charge in [0.25, 0.3) is 0 Å². The van der Waals surface area contributed by atoms with Crippen molar-refractivity contribution < 1.29 is 19.1 Å². The standard InChI is InChI=1S/C22H31N2O4P/c1-17-7-10-21(16-18(17)2)28-14-5-6-19-8-9-20(24(19)4)11-12-22(3,23)13-15-29(25,26)27/h7-10,16H,11-15,23H2,1-4H3,(H2,25,26,27). The summed E-state index contributed by atoms with van der Waals surface area (Å²) in [5, 5.41) is 0. The van der Waals surface area contributed by atoms with Crippen molar-refractivity contribution in [3.8, 4) is 17.6 Å². The molecule has 6 nitrogen and oxygen atoms in total. The molecule has 0 fully saturated rings. The normalized spacial score (nSPS) is 13.5. The van der Waals surface area contributed by atoms with Crippen molar-refractivity contribution in [1.82, 2.24) is 4.57 Å². The fourth-order valence-electron chi connectivity index (χ4n) is 2.92. The van der Waals surface area contributed by atoms with E-state index in [2.05, 4.69) is 25.7 Å². The van der Waals surface area contributed by atoms with Gasteiger partial charge in [0.1, 0.15) is 12.4 Å². The van der Waals surface area contributed by atoms with E-state index in [1.54, 1.807) is 0 Å². The number of hydrogen-bond donors (Lipinski definition) is 3. The van der Waals surface area contributed by atoms with E-state index in [-0.39, 0.29) is 12.6 Å². The largest absolute Gasteiger partial charge is 0.481 e. The van der Waals surface area contributed by atoms with E-state index in [4.69, 9.17) is 20.3 Å². The number of aryl methyl sites for hydroxylation is 3. The van der Waals surface area contributed by atoms with Gasteiger partial charge in [-0.3, -0.25) is 4.57 Å². The summed E-state index contributed by atoms with van der Waals surface area (Å²) >= 11 is 0. The first kappa shape index (κ1) is 23.3. The maximum Gasteiger partial charge on any atom is 0.325 e. The lowest BCUT2D eigenvalue weighted by atomic mass is 9.93. The highest BCUT2D eigenvalue weighted by molar-refractivity contribution is 7.51. The Morgan fingerprint density at radius 1 is 1.17 bits per heavy atom. The Labute approximate surface area is 173 Å². The third-order valence-corrected chi connectivity index (χ3v) is 5.96. The summed E-state index contributed by atoms with van der Waals surface area (Å²) in [7, 11) is -2.07. The van der Waals surface area contributed by atoms with Gasteiger partial charge in [0.05, 0.1) is 11.9 Å². The summed E-state index contributed by atoms with van der Waals surface area (Å²) in [5.41, 5.74) is 9.97. The van der Waals surface area contributed by atoms with Crippen LogP contribution in [0, 0.1) is 25.7 Å². The van der Waals surface area contributed by atoms with Crippen molar-refractivity contribution in [1.29, 1.82) is 0 Å². The number of nitrogens with two attached hydrogens (primary N) is 1. The van der Waals surface area contributed by atoms with Crippen LogP contribution in [0.3, 0.4) is 0 Å². The van der Waals surface area contributed by atoms with E-state index in [1.807, 2.05) is 48.9 Å². The quantitative estimate of drug-likeness (QED) is 0.451. The Morgan fingerprint density at radius 3 is 2.55 bits per heavy atom. The molecular formula is C22H31N2O4P. The van der Waals surface area contributed by atoms with Crippen molar-refractivity contribution in [3.05, 3.63) is 52.8 Å². The van der Waals surface area contributed by atoms with Crippen molar-refractivity contribution >= 4 is 7.60 Å². The zero-order valence-corrected chi connectivity index (χ0v) is 18.5. The van der Waals surface area contributed by atoms with Gasteiger partial charge in [-0.05, 0) is 81.3 Å². The second-order valence-corrected chi connectivity index (χ2v) is 9.67. The average molecular weight is 418 g/mol. The topological polar surface area (TPSA) is 97.7 Å². The van der Waals surface area contributed by atoms with Crippen LogP contribution in [-0.4, -0.2) is 32.7 Å². The average Bonchev–Trinajstić information content (AvgIpc) is 2.98. The summed E-state index contributed by atoms with van der Waals surface area (Å²) in [6.45, 7) is 6.26. The predicted molar refractivity (Wildman–Crippen MR) is 116 cm³/mol. The molecule has 0 aliphatic heterocycles. The molecule has 0 saturated heterocycles. The highest BCUT2D eigenvalue weighted by atomic mass is 31.2. The molecule has 0 amide bonds. The zero-order chi connectivity index (χ0) is 21.7. The molecule has 0 radical (unpaired) electrons. The lowest BCUT2D eigenvalue weighted by molar-refractivity contribution is 0.353. The number of hydrogen-bond acceptors (Lipinski definition) is 3. The Hall–Kier alpha value is -2.03. The summed E-state index contributed by atoms with van der Waals surface area (Å²) in [6.07, 6.45) is 1.44. The van der Waals surface area contributed by atoms with Gasteiger partial charge >= 0.3 is 7.60 Å². The monoisotopic (exact) mass is 418 g/mol. The van der Waals surface area contributed by atoms with Crippen LogP contribution < -0.4 is 10.5 Å². The van der Waals surface area contributed by atoms with E-state index < -0.39 is 13.1 Å². The van der Waals surface area contributed by atoms with Gasteiger partial charge in [0.2, 0.25) is 0 Å². The van der Waals surface area contributed by atoms with Crippen LogP contribution in [-0.2, 0) is 18.0 Å². The van der Waals surface area contributed by atoms with E-state index in [0.717, 1.165) is 17.1 Å². The van der Waals surface area contributed by atoms with E-state index >= 15 is 0 Å². The fourth-order valence-corrected chi connectivity index (χ4v) is 3.72. The van der Waals surface area contributed by atoms with Crippen LogP contribution in [0.15, 0.2) is 30.3 Å². The van der Waals surface area contributed by atoms with Crippen LogP contribution >= 0.6 is 7.60 Å². The molecule has 1 atom stereocenters. The number of nitrogens with zero attached hydrogens (tertiary/aromatic N) is 1. The first-order chi connectivity index (χ1) is 13.5. The summed E-state index contributed by atoms with van der Waals surface area (Å²) in [6, 6.07) is 9.96. The highest BCUT2D eigenvalue weighted by Gasteiger charge is 2.24. The molecule has 0 aliphatic carbocycles. The van der Waals surface area contributed by atoms with Gasteiger partial charge in [0.15, 0.2) is 0 Å². The van der Waals surface area contributed by atoms with Crippen LogP contribution in [0.2, 0.25) is 0 Å². The highest BCUT2D eigenvalue weighted by Crippen LogP contribution is 2.37. The molecule has 0 bridgehead atoms. The molecule has 7 heteroatoms. The Morgan fingerprint density at radius 2 is 1.90 bits per heavy atom. The number of benzene rings is 1. The number of ether oxygens (including phenoxy) is 1. The molecule has 1 unspecified atom stereocenters. The molecule has 0 aliphatic rings. The molecule has 2 rings (SSSR count). The number of rotatable bonds is 8. The molecule has 1 aromatic carbocycles. The van der Waals surface area contributed by atoms with Gasteiger partial charge < -0.3 is 24.8 Å². The summed E-state index contributed by atoms with van der Waals surface area (Å²) in [4.78, 5) is 18.1. The molecule has 1 aromatic heterocycles. The minimum atomic E-state index is -4.02. The van der Waals surface area contributed by atoms with Crippen LogP contribution in [0.1, 0.15) is 42.3 Å². The summed E-state index contributed by atoms with van der Waals surface area (Å²) < 4.78 is 18.8. The van der Waals surface area contributed by atoms with Crippen molar-refractivity contribution in [2.75, 3.05) is 12.8 Å². The van der Waals surface area contributed by atoms with E-state index in [1.165, 1.54) is 11.1 Å². The maximum absolute atomic E-state index is 11.1. The van der Waals surface area contributed by atoms with Gasteiger partial charge in [-0.2, -0.15) is 0 Å². The zero-order valence-electron chi connectivity index (χ0n) is 17.6. The van der Waals surface area contributed by atoms with Crippen molar-refractivity contribution in [2.45, 2.75) is 45.6 Å². The minimum Gasteiger partial charge on any atom is -0.481 e. The lowest BCUT2D eigenvalue weighted by Gasteiger charge is -2.25.